The minimum absolute atomic E-state index is 0.287. The standard InChI is InChI=1S/C48H31BS2/c1-3-11-32(12-4-1)38-27-39(33-13-5-2-6-14-33)29-40(28-38)36-23-19-34(20-24-36)35-21-25-37(26-22-35)41-30-46-48-47(31-41)51-45-18-10-8-16-43(45)49(48)42-15-7-9-17-44(42)50-46/h1-31H. The Morgan fingerprint density at radius 3 is 0.980 bits per heavy atom. The molecule has 2 aliphatic heterocycles. The van der Waals surface area contributed by atoms with Crippen molar-refractivity contribution in [1.82, 2.24) is 0 Å². The van der Waals surface area contributed by atoms with Crippen molar-refractivity contribution in [3.8, 4) is 55.6 Å². The third-order valence-corrected chi connectivity index (χ3v) is 12.5. The predicted molar refractivity (Wildman–Crippen MR) is 219 cm³/mol. The van der Waals surface area contributed by atoms with Crippen LogP contribution >= 0.6 is 23.5 Å². The fraction of sp³-hybridized carbons (Fsp3) is 0. The zero-order valence-electron chi connectivity index (χ0n) is 27.8. The molecule has 8 aromatic rings. The van der Waals surface area contributed by atoms with Crippen LogP contribution in [-0.4, -0.2) is 6.71 Å². The van der Waals surface area contributed by atoms with Gasteiger partial charge in [-0.3, -0.25) is 0 Å². The van der Waals surface area contributed by atoms with Crippen molar-refractivity contribution in [2.45, 2.75) is 19.6 Å². The van der Waals surface area contributed by atoms with E-state index >= 15 is 0 Å². The van der Waals surface area contributed by atoms with Gasteiger partial charge in [-0.05, 0) is 104 Å². The van der Waals surface area contributed by atoms with Crippen LogP contribution in [0.25, 0.3) is 55.6 Å². The van der Waals surface area contributed by atoms with Gasteiger partial charge in [0.1, 0.15) is 0 Å². The van der Waals surface area contributed by atoms with E-state index in [1.54, 1.807) is 0 Å². The Hall–Kier alpha value is -5.48. The maximum absolute atomic E-state index is 2.41. The molecule has 10 rings (SSSR count). The molecular formula is C48H31BS2. The lowest BCUT2D eigenvalue weighted by molar-refractivity contribution is 1.33. The lowest BCUT2D eigenvalue weighted by Crippen LogP contribution is -2.57. The normalized spacial score (nSPS) is 12.5. The van der Waals surface area contributed by atoms with Gasteiger partial charge in [-0.2, -0.15) is 0 Å². The molecule has 2 aliphatic rings. The average Bonchev–Trinajstić information content (AvgIpc) is 3.21. The fourth-order valence-electron chi connectivity index (χ4n) is 7.66. The highest BCUT2D eigenvalue weighted by molar-refractivity contribution is 8.01. The van der Waals surface area contributed by atoms with Gasteiger partial charge in [-0.1, -0.05) is 180 Å². The maximum Gasteiger partial charge on any atom is 0.247 e. The first-order chi connectivity index (χ1) is 25.2. The van der Waals surface area contributed by atoms with Gasteiger partial charge in [0.25, 0.3) is 0 Å². The second kappa shape index (κ2) is 12.7. The van der Waals surface area contributed by atoms with Crippen LogP contribution in [0, 0.1) is 0 Å². The van der Waals surface area contributed by atoms with Gasteiger partial charge in [-0.25, -0.2) is 0 Å². The largest absolute Gasteiger partial charge is 0.247 e. The molecule has 0 amide bonds. The van der Waals surface area contributed by atoms with E-state index < -0.39 is 0 Å². The Kier molecular flexibility index (Phi) is 7.55. The van der Waals surface area contributed by atoms with Crippen molar-refractivity contribution in [1.29, 1.82) is 0 Å². The summed E-state index contributed by atoms with van der Waals surface area (Å²) in [5.41, 5.74) is 16.6. The van der Waals surface area contributed by atoms with Gasteiger partial charge in [0.2, 0.25) is 6.71 Å². The van der Waals surface area contributed by atoms with E-state index in [4.69, 9.17) is 0 Å². The zero-order chi connectivity index (χ0) is 33.7. The van der Waals surface area contributed by atoms with Gasteiger partial charge in [0.05, 0.1) is 0 Å². The maximum atomic E-state index is 2.41. The third kappa shape index (κ3) is 5.54. The molecule has 0 N–H and O–H groups in total. The van der Waals surface area contributed by atoms with Crippen LogP contribution in [0.1, 0.15) is 0 Å². The molecule has 3 heteroatoms. The molecule has 8 aromatic carbocycles. The van der Waals surface area contributed by atoms with Crippen molar-refractivity contribution in [2.75, 3.05) is 0 Å². The van der Waals surface area contributed by atoms with Crippen molar-refractivity contribution in [3.63, 3.8) is 0 Å². The summed E-state index contributed by atoms with van der Waals surface area (Å²) in [5, 5.41) is 0. The first kappa shape index (κ1) is 30.4. The van der Waals surface area contributed by atoms with Gasteiger partial charge in [0, 0.05) is 19.6 Å². The molecular weight excluding hydrogens is 651 g/mol. The Morgan fingerprint density at radius 2 is 0.569 bits per heavy atom. The van der Waals surface area contributed by atoms with E-state index in [9.17, 15) is 0 Å². The van der Waals surface area contributed by atoms with Crippen LogP contribution in [0.2, 0.25) is 0 Å². The molecule has 0 fully saturated rings. The Morgan fingerprint density at radius 1 is 0.255 bits per heavy atom. The van der Waals surface area contributed by atoms with E-state index in [-0.39, 0.29) is 6.71 Å². The summed E-state index contributed by atoms with van der Waals surface area (Å²) in [6, 6.07) is 69.1. The molecule has 0 aliphatic carbocycles. The number of hydrogen-bond donors (Lipinski definition) is 0. The predicted octanol–water partition coefficient (Wildman–Crippen LogP) is 11.5. The van der Waals surface area contributed by atoms with Crippen LogP contribution in [0.5, 0.6) is 0 Å². The lowest BCUT2D eigenvalue weighted by atomic mass is 9.36. The highest BCUT2D eigenvalue weighted by Crippen LogP contribution is 2.41. The topological polar surface area (TPSA) is 0 Å². The first-order valence-electron chi connectivity index (χ1n) is 17.4. The van der Waals surface area contributed by atoms with Gasteiger partial charge >= 0.3 is 0 Å². The second-order valence-corrected chi connectivity index (χ2v) is 15.5. The summed E-state index contributed by atoms with van der Waals surface area (Å²) in [7, 11) is 0. The van der Waals surface area contributed by atoms with E-state index in [1.807, 2.05) is 23.5 Å². The smallest absolute Gasteiger partial charge is 0.0911 e. The molecule has 0 bridgehead atoms. The molecule has 238 valence electrons. The Labute approximate surface area is 308 Å². The fourth-order valence-corrected chi connectivity index (χ4v) is 10.1. The van der Waals surface area contributed by atoms with E-state index in [0.717, 1.165) is 0 Å². The second-order valence-electron chi connectivity index (χ2n) is 13.3. The van der Waals surface area contributed by atoms with E-state index in [1.165, 1.54) is 91.6 Å². The van der Waals surface area contributed by atoms with Crippen LogP contribution in [0.15, 0.2) is 208 Å². The van der Waals surface area contributed by atoms with E-state index in [0.29, 0.717) is 0 Å². The Balaban J connectivity index is 0.969. The zero-order valence-corrected chi connectivity index (χ0v) is 29.4. The monoisotopic (exact) mass is 682 g/mol. The Bertz CT molecular complexity index is 2430. The summed E-state index contributed by atoms with van der Waals surface area (Å²) < 4.78 is 0. The van der Waals surface area contributed by atoms with Crippen LogP contribution in [0.4, 0.5) is 0 Å². The minimum Gasteiger partial charge on any atom is -0.0911 e. The molecule has 0 atom stereocenters. The molecule has 51 heavy (non-hydrogen) atoms. The van der Waals surface area contributed by atoms with Gasteiger partial charge in [-0.15, -0.1) is 0 Å². The number of hydrogen-bond acceptors (Lipinski definition) is 2. The summed E-state index contributed by atoms with van der Waals surface area (Å²) in [4.78, 5) is 5.47. The molecule has 0 radical (unpaired) electrons. The van der Waals surface area contributed by atoms with Crippen LogP contribution in [-0.2, 0) is 0 Å². The highest BCUT2D eigenvalue weighted by Gasteiger charge is 2.38. The highest BCUT2D eigenvalue weighted by atomic mass is 32.2. The van der Waals surface area contributed by atoms with Crippen LogP contribution in [0.3, 0.4) is 0 Å². The number of benzene rings is 8. The SMILES string of the molecule is c1ccc(-c2cc(-c3ccccc3)cc(-c3ccc(-c4ccc(-c5cc6c7c(c5)Sc5ccccc5B7c5ccccc5S6)cc4)cc3)c2)cc1. The van der Waals surface area contributed by atoms with Crippen molar-refractivity contribution < 1.29 is 0 Å². The molecule has 2 heterocycles. The molecule has 0 spiro atoms. The average molecular weight is 683 g/mol. The van der Waals surface area contributed by atoms with E-state index in [2.05, 4.69) is 188 Å². The van der Waals surface area contributed by atoms with Crippen molar-refractivity contribution in [3.05, 3.63) is 188 Å². The summed E-state index contributed by atoms with van der Waals surface area (Å²) in [6.07, 6.45) is 0. The quantitative estimate of drug-likeness (QED) is 0.166. The first-order valence-corrected chi connectivity index (χ1v) is 19.1. The minimum atomic E-state index is 0.287. The lowest BCUT2D eigenvalue weighted by Gasteiger charge is -2.33. The number of rotatable bonds is 5. The van der Waals surface area contributed by atoms with Crippen molar-refractivity contribution in [2.24, 2.45) is 0 Å². The molecule has 0 unspecified atom stereocenters. The summed E-state index contributed by atoms with van der Waals surface area (Å²) in [6.45, 7) is 0.287. The molecule has 0 nitrogen and oxygen atoms in total. The van der Waals surface area contributed by atoms with Crippen molar-refractivity contribution >= 4 is 46.6 Å². The number of fused-ring (bicyclic) bond motifs is 4. The summed E-state index contributed by atoms with van der Waals surface area (Å²) in [5.74, 6) is 0. The molecule has 0 saturated heterocycles. The van der Waals surface area contributed by atoms with Gasteiger partial charge < -0.3 is 0 Å². The summed E-state index contributed by atoms with van der Waals surface area (Å²) >= 11 is 3.84. The molecule has 0 aromatic heterocycles. The molecule has 0 saturated carbocycles. The van der Waals surface area contributed by atoms with Crippen LogP contribution < -0.4 is 16.4 Å². The third-order valence-electron chi connectivity index (χ3n) is 10.2. The van der Waals surface area contributed by atoms with Gasteiger partial charge in [0.15, 0.2) is 0 Å².